The standard InChI is InChI=1S/C25H30N2O3S2/c1-5-17-14-18(10-13-23(17)30-16(3)4)25-26-15-24(31-25)21-9-7-8-20-19(21)11-12-22(20)27-32(28,29)6-2/h7-10,13-16,22,27H,5-6,11-12H2,1-4H3. The summed E-state index contributed by atoms with van der Waals surface area (Å²) in [5, 5.41) is 0.977. The number of ether oxygens (including phenoxy) is 1. The molecule has 0 aliphatic heterocycles. The van der Waals surface area contributed by atoms with E-state index in [1.54, 1.807) is 18.3 Å². The lowest BCUT2D eigenvalue weighted by molar-refractivity contribution is 0.240. The molecular formula is C25H30N2O3S2. The van der Waals surface area contributed by atoms with Gasteiger partial charge in [0.15, 0.2) is 0 Å². The number of benzene rings is 2. The lowest BCUT2D eigenvalue weighted by Crippen LogP contribution is -2.28. The average molecular weight is 471 g/mol. The molecule has 0 fully saturated rings. The van der Waals surface area contributed by atoms with E-state index in [2.05, 4.69) is 29.8 Å². The molecule has 1 N–H and O–H groups in total. The van der Waals surface area contributed by atoms with E-state index in [1.807, 2.05) is 38.2 Å². The zero-order valence-corrected chi connectivity index (χ0v) is 20.6. The molecule has 1 heterocycles. The van der Waals surface area contributed by atoms with Gasteiger partial charge in [-0.05, 0) is 80.5 Å². The second kappa shape index (κ2) is 9.33. The molecule has 1 aromatic heterocycles. The molecule has 7 heteroatoms. The maximum absolute atomic E-state index is 12.1. The monoisotopic (exact) mass is 470 g/mol. The minimum absolute atomic E-state index is 0.0947. The van der Waals surface area contributed by atoms with Crippen LogP contribution < -0.4 is 9.46 Å². The fourth-order valence-corrected chi connectivity index (χ4v) is 6.01. The molecule has 0 amide bonds. The zero-order chi connectivity index (χ0) is 22.9. The fourth-order valence-electron chi connectivity index (χ4n) is 4.20. The highest BCUT2D eigenvalue weighted by Crippen LogP contribution is 2.41. The third-order valence-electron chi connectivity index (χ3n) is 5.79. The lowest BCUT2D eigenvalue weighted by Gasteiger charge is -2.14. The summed E-state index contributed by atoms with van der Waals surface area (Å²) in [6.45, 7) is 7.88. The van der Waals surface area contributed by atoms with Crippen molar-refractivity contribution in [3.05, 3.63) is 59.3 Å². The maximum atomic E-state index is 12.1. The molecule has 170 valence electrons. The van der Waals surface area contributed by atoms with E-state index in [9.17, 15) is 8.42 Å². The largest absolute Gasteiger partial charge is 0.491 e. The van der Waals surface area contributed by atoms with Gasteiger partial charge in [-0.1, -0.05) is 25.1 Å². The Labute approximate surface area is 194 Å². The number of aromatic nitrogens is 1. The number of nitrogens with zero attached hydrogens (tertiary/aromatic N) is 1. The Balaban J connectivity index is 1.64. The summed E-state index contributed by atoms with van der Waals surface area (Å²) in [7, 11) is -3.24. The third-order valence-corrected chi connectivity index (χ3v) is 8.28. The maximum Gasteiger partial charge on any atom is 0.211 e. The number of thiazole rings is 1. The number of fused-ring (bicyclic) bond motifs is 1. The van der Waals surface area contributed by atoms with Crippen LogP contribution in [0.4, 0.5) is 0 Å². The van der Waals surface area contributed by atoms with Crippen LogP contribution in [0.3, 0.4) is 0 Å². The summed E-state index contributed by atoms with van der Waals surface area (Å²) in [4.78, 5) is 5.82. The van der Waals surface area contributed by atoms with Crippen molar-refractivity contribution >= 4 is 21.4 Å². The van der Waals surface area contributed by atoms with E-state index >= 15 is 0 Å². The molecule has 1 aliphatic carbocycles. The number of sulfonamides is 1. The highest BCUT2D eigenvalue weighted by atomic mass is 32.2. The van der Waals surface area contributed by atoms with Crippen molar-refractivity contribution in [1.82, 2.24) is 9.71 Å². The topological polar surface area (TPSA) is 68.3 Å². The first-order valence-electron chi connectivity index (χ1n) is 11.2. The van der Waals surface area contributed by atoms with Crippen LogP contribution in [0, 0.1) is 0 Å². The predicted octanol–water partition coefficient (Wildman–Crippen LogP) is 5.75. The van der Waals surface area contributed by atoms with E-state index in [1.165, 1.54) is 11.1 Å². The van der Waals surface area contributed by atoms with E-state index in [0.717, 1.165) is 51.6 Å². The molecule has 0 spiro atoms. The van der Waals surface area contributed by atoms with Gasteiger partial charge in [0.1, 0.15) is 10.8 Å². The number of hydrogen-bond acceptors (Lipinski definition) is 5. The molecule has 0 saturated heterocycles. The molecular weight excluding hydrogens is 440 g/mol. The summed E-state index contributed by atoms with van der Waals surface area (Å²) in [6, 6.07) is 12.3. The molecule has 1 unspecified atom stereocenters. The van der Waals surface area contributed by atoms with Crippen LogP contribution in [-0.2, 0) is 22.9 Å². The first-order valence-corrected chi connectivity index (χ1v) is 13.7. The van der Waals surface area contributed by atoms with Gasteiger partial charge in [0.25, 0.3) is 0 Å². The van der Waals surface area contributed by atoms with Crippen LogP contribution in [0.2, 0.25) is 0 Å². The van der Waals surface area contributed by atoms with Gasteiger partial charge in [-0.15, -0.1) is 11.3 Å². The number of rotatable bonds is 8. The third kappa shape index (κ3) is 4.75. The first-order chi connectivity index (χ1) is 15.3. The van der Waals surface area contributed by atoms with Crippen LogP contribution in [0.1, 0.15) is 56.8 Å². The van der Waals surface area contributed by atoms with Gasteiger partial charge in [0, 0.05) is 17.8 Å². The Morgan fingerprint density at radius 2 is 2.03 bits per heavy atom. The Kier molecular flexibility index (Phi) is 6.70. The minimum Gasteiger partial charge on any atom is -0.491 e. The molecule has 2 aromatic carbocycles. The Hall–Kier alpha value is -2.22. The molecule has 0 radical (unpaired) electrons. The SMILES string of the molecule is CCc1cc(-c2ncc(-c3cccc4c3CCC4NS(=O)(=O)CC)s2)ccc1OC(C)C. The van der Waals surface area contributed by atoms with Crippen LogP contribution >= 0.6 is 11.3 Å². The molecule has 32 heavy (non-hydrogen) atoms. The Bertz CT molecular complexity index is 1220. The van der Waals surface area contributed by atoms with Crippen molar-refractivity contribution in [2.45, 2.75) is 59.1 Å². The molecule has 3 aromatic rings. The molecule has 1 aliphatic rings. The summed E-state index contributed by atoms with van der Waals surface area (Å²) >= 11 is 1.67. The smallest absolute Gasteiger partial charge is 0.211 e. The van der Waals surface area contributed by atoms with Gasteiger partial charge in [-0.2, -0.15) is 0 Å². The number of hydrogen-bond donors (Lipinski definition) is 1. The average Bonchev–Trinajstić information content (AvgIpc) is 3.41. The van der Waals surface area contributed by atoms with Gasteiger partial charge in [-0.3, -0.25) is 0 Å². The van der Waals surface area contributed by atoms with Crippen molar-refractivity contribution in [3.8, 4) is 26.8 Å². The Morgan fingerprint density at radius 1 is 1.22 bits per heavy atom. The first kappa shape index (κ1) is 23.0. The zero-order valence-electron chi connectivity index (χ0n) is 19.0. The highest BCUT2D eigenvalue weighted by Gasteiger charge is 2.28. The van der Waals surface area contributed by atoms with Gasteiger partial charge in [0.05, 0.1) is 16.7 Å². The summed E-state index contributed by atoms with van der Waals surface area (Å²) in [6.07, 6.45) is 4.62. The van der Waals surface area contributed by atoms with Crippen molar-refractivity contribution in [3.63, 3.8) is 0 Å². The molecule has 0 saturated carbocycles. The van der Waals surface area contributed by atoms with Crippen LogP contribution in [0.15, 0.2) is 42.6 Å². The van der Waals surface area contributed by atoms with Crippen molar-refractivity contribution < 1.29 is 13.2 Å². The van der Waals surface area contributed by atoms with E-state index in [4.69, 9.17) is 9.72 Å². The highest BCUT2D eigenvalue weighted by molar-refractivity contribution is 7.89. The normalized spacial score (nSPS) is 15.8. The van der Waals surface area contributed by atoms with Gasteiger partial charge >= 0.3 is 0 Å². The number of nitrogens with one attached hydrogen (secondary N) is 1. The van der Waals surface area contributed by atoms with Gasteiger partial charge < -0.3 is 4.74 Å². The fraction of sp³-hybridized carbons (Fsp3) is 0.400. The minimum atomic E-state index is -3.24. The van der Waals surface area contributed by atoms with Gasteiger partial charge in [0.2, 0.25) is 10.0 Å². The van der Waals surface area contributed by atoms with Gasteiger partial charge in [-0.25, -0.2) is 18.1 Å². The molecule has 1 atom stereocenters. The quantitative estimate of drug-likeness (QED) is 0.455. The van der Waals surface area contributed by atoms with E-state index < -0.39 is 10.0 Å². The lowest BCUT2D eigenvalue weighted by atomic mass is 10.0. The molecule has 0 bridgehead atoms. The summed E-state index contributed by atoms with van der Waals surface area (Å²) in [5.74, 6) is 1.03. The van der Waals surface area contributed by atoms with Crippen LogP contribution in [0.5, 0.6) is 5.75 Å². The molecule has 4 rings (SSSR count). The predicted molar refractivity (Wildman–Crippen MR) is 132 cm³/mol. The second-order valence-electron chi connectivity index (χ2n) is 8.36. The van der Waals surface area contributed by atoms with E-state index in [0.29, 0.717) is 0 Å². The Morgan fingerprint density at radius 3 is 2.75 bits per heavy atom. The summed E-state index contributed by atoms with van der Waals surface area (Å²) in [5.41, 5.74) is 5.73. The van der Waals surface area contributed by atoms with Crippen LogP contribution in [-0.4, -0.2) is 25.3 Å². The second-order valence-corrected chi connectivity index (χ2v) is 11.4. The van der Waals surface area contributed by atoms with Crippen molar-refractivity contribution in [2.24, 2.45) is 0 Å². The van der Waals surface area contributed by atoms with Crippen molar-refractivity contribution in [2.75, 3.05) is 5.75 Å². The molecule has 5 nitrogen and oxygen atoms in total. The number of aryl methyl sites for hydroxylation is 1. The van der Waals surface area contributed by atoms with Crippen LogP contribution in [0.25, 0.3) is 21.0 Å². The summed E-state index contributed by atoms with van der Waals surface area (Å²) < 4.78 is 33.0. The van der Waals surface area contributed by atoms with Crippen molar-refractivity contribution in [1.29, 1.82) is 0 Å². The van der Waals surface area contributed by atoms with E-state index in [-0.39, 0.29) is 17.9 Å².